The smallest absolute Gasteiger partial charge is 0.169 e. The third-order valence-corrected chi connectivity index (χ3v) is 6.13. The fourth-order valence-corrected chi connectivity index (χ4v) is 4.55. The van der Waals surface area contributed by atoms with E-state index in [1.165, 1.54) is 16.8 Å². The number of rotatable bonds is 7. The highest BCUT2D eigenvalue weighted by Gasteiger charge is 2.31. The quantitative estimate of drug-likeness (QED) is 0.351. The highest BCUT2D eigenvalue weighted by molar-refractivity contribution is 5.92. The third kappa shape index (κ3) is 4.65. The predicted molar refractivity (Wildman–Crippen MR) is 141 cm³/mol. The van der Waals surface area contributed by atoms with E-state index in [1.807, 2.05) is 54.7 Å². The summed E-state index contributed by atoms with van der Waals surface area (Å²) in [5, 5.41) is 0. The molecule has 0 N–H and O–H groups in total. The van der Waals surface area contributed by atoms with Crippen LogP contribution in [0.1, 0.15) is 38.8 Å². The van der Waals surface area contributed by atoms with Crippen molar-refractivity contribution in [3.63, 3.8) is 0 Å². The molecule has 1 aliphatic heterocycles. The van der Waals surface area contributed by atoms with E-state index in [0.717, 1.165) is 29.3 Å². The van der Waals surface area contributed by atoms with Crippen molar-refractivity contribution in [1.29, 1.82) is 0 Å². The summed E-state index contributed by atoms with van der Waals surface area (Å²) in [5.74, 6) is 2.90. The number of nitrogens with zero attached hydrogens (tertiary/aromatic N) is 2. The molecule has 0 spiro atoms. The maximum absolute atomic E-state index is 5.96. The molecular formula is C29H32N2O3. The SMILES string of the molecule is CCN1c2cc(OC)c(C=Nc3ccc(Oc4ccccc4OC)cc3)cc2C(C)=CC1(C)C. The van der Waals surface area contributed by atoms with Gasteiger partial charge in [0.05, 0.1) is 25.4 Å². The Labute approximate surface area is 202 Å². The lowest BCUT2D eigenvalue weighted by molar-refractivity contribution is 0.379. The molecule has 176 valence electrons. The molecule has 0 atom stereocenters. The molecule has 3 aromatic rings. The summed E-state index contributed by atoms with van der Waals surface area (Å²) in [4.78, 5) is 7.09. The van der Waals surface area contributed by atoms with Crippen LogP contribution in [-0.2, 0) is 0 Å². The first-order valence-corrected chi connectivity index (χ1v) is 11.5. The van der Waals surface area contributed by atoms with Crippen molar-refractivity contribution >= 4 is 23.2 Å². The van der Waals surface area contributed by atoms with Crippen LogP contribution in [0.25, 0.3) is 5.57 Å². The number of methoxy groups -OCH3 is 2. The predicted octanol–water partition coefficient (Wildman–Crippen LogP) is 7.27. The standard InChI is InChI=1S/C29H32N2O3/c1-7-31-25-17-28(33-6)21(16-24(25)20(2)18-29(31,3)4)19-30-22-12-14-23(15-13-22)34-27-11-9-8-10-26(27)32-5/h8-19H,7H2,1-6H3. The molecule has 0 saturated carbocycles. The molecular weight excluding hydrogens is 424 g/mol. The molecule has 0 amide bonds. The monoisotopic (exact) mass is 456 g/mol. The van der Waals surface area contributed by atoms with Crippen molar-refractivity contribution in [2.75, 3.05) is 25.7 Å². The summed E-state index contributed by atoms with van der Waals surface area (Å²) < 4.78 is 17.0. The summed E-state index contributed by atoms with van der Waals surface area (Å²) in [7, 11) is 3.34. The second-order valence-electron chi connectivity index (χ2n) is 8.84. The molecule has 0 fully saturated rings. The molecule has 0 saturated heterocycles. The average Bonchev–Trinajstić information content (AvgIpc) is 2.83. The van der Waals surface area contributed by atoms with E-state index in [2.05, 4.69) is 50.8 Å². The van der Waals surface area contributed by atoms with Gasteiger partial charge >= 0.3 is 0 Å². The largest absolute Gasteiger partial charge is 0.496 e. The molecule has 1 heterocycles. The Balaban J connectivity index is 1.59. The van der Waals surface area contributed by atoms with Crippen molar-refractivity contribution in [3.8, 4) is 23.0 Å². The van der Waals surface area contributed by atoms with Crippen LogP contribution in [0.15, 0.2) is 71.7 Å². The van der Waals surface area contributed by atoms with Crippen molar-refractivity contribution in [2.24, 2.45) is 4.99 Å². The number of benzene rings is 3. The topological polar surface area (TPSA) is 43.3 Å². The Kier molecular flexibility index (Phi) is 6.64. The van der Waals surface area contributed by atoms with Crippen LogP contribution in [0.3, 0.4) is 0 Å². The first-order chi connectivity index (χ1) is 16.4. The summed E-state index contributed by atoms with van der Waals surface area (Å²) in [6.45, 7) is 9.76. The second kappa shape index (κ2) is 9.64. The van der Waals surface area contributed by atoms with Crippen molar-refractivity contribution in [3.05, 3.63) is 77.9 Å². The van der Waals surface area contributed by atoms with Crippen LogP contribution in [0.5, 0.6) is 23.0 Å². The normalized spacial score (nSPS) is 14.5. The van der Waals surface area contributed by atoms with Gasteiger partial charge in [-0.3, -0.25) is 4.99 Å². The summed E-state index contributed by atoms with van der Waals surface area (Å²) in [6, 6.07) is 19.5. The second-order valence-corrected chi connectivity index (χ2v) is 8.84. The summed E-state index contributed by atoms with van der Waals surface area (Å²) >= 11 is 0. The van der Waals surface area contributed by atoms with Crippen LogP contribution < -0.4 is 19.1 Å². The van der Waals surface area contributed by atoms with Crippen LogP contribution in [-0.4, -0.2) is 32.5 Å². The fraction of sp³-hybridized carbons (Fsp3) is 0.276. The number of anilines is 1. The lowest BCUT2D eigenvalue weighted by Gasteiger charge is -2.43. The van der Waals surface area contributed by atoms with Gasteiger partial charge < -0.3 is 19.1 Å². The molecule has 0 aliphatic carbocycles. The van der Waals surface area contributed by atoms with Gasteiger partial charge in [0.25, 0.3) is 0 Å². The van der Waals surface area contributed by atoms with Crippen LogP contribution in [0, 0.1) is 0 Å². The first-order valence-electron chi connectivity index (χ1n) is 11.5. The Morgan fingerprint density at radius 3 is 2.24 bits per heavy atom. The summed E-state index contributed by atoms with van der Waals surface area (Å²) in [5.41, 5.74) is 5.40. The fourth-order valence-electron chi connectivity index (χ4n) is 4.55. The Hall–Kier alpha value is -3.73. The van der Waals surface area contributed by atoms with Gasteiger partial charge in [-0.15, -0.1) is 0 Å². The number of aliphatic imine (C=N–C) groups is 1. The van der Waals surface area contributed by atoms with Gasteiger partial charge in [-0.25, -0.2) is 0 Å². The van der Waals surface area contributed by atoms with Crippen molar-refractivity contribution in [1.82, 2.24) is 0 Å². The third-order valence-electron chi connectivity index (χ3n) is 6.13. The highest BCUT2D eigenvalue weighted by atomic mass is 16.5. The molecule has 34 heavy (non-hydrogen) atoms. The van der Waals surface area contributed by atoms with Gasteiger partial charge in [0, 0.05) is 35.6 Å². The van der Waals surface area contributed by atoms with Gasteiger partial charge in [-0.1, -0.05) is 18.2 Å². The molecule has 5 nitrogen and oxygen atoms in total. The minimum atomic E-state index is -0.0416. The lowest BCUT2D eigenvalue weighted by Crippen LogP contribution is -2.44. The average molecular weight is 457 g/mol. The minimum absolute atomic E-state index is 0.0416. The zero-order valence-electron chi connectivity index (χ0n) is 20.8. The van der Waals surface area contributed by atoms with E-state index in [1.54, 1.807) is 14.2 Å². The number of likely N-dealkylation sites (N-methyl/N-ethyl adjacent to an activating group) is 1. The molecule has 0 radical (unpaired) electrons. The van der Waals surface area contributed by atoms with Gasteiger partial charge in [0.15, 0.2) is 11.5 Å². The molecule has 3 aromatic carbocycles. The Bertz CT molecular complexity index is 1230. The van der Waals surface area contributed by atoms with E-state index in [0.29, 0.717) is 11.5 Å². The van der Waals surface area contributed by atoms with E-state index < -0.39 is 0 Å². The zero-order valence-corrected chi connectivity index (χ0v) is 20.8. The molecule has 4 rings (SSSR count). The van der Waals surface area contributed by atoms with Gasteiger partial charge in [0.1, 0.15) is 11.5 Å². The van der Waals surface area contributed by atoms with Crippen molar-refractivity contribution < 1.29 is 14.2 Å². The molecule has 5 heteroatoms. The van der Waals surface area contributed by atoms with Crippen LogP contribution >= 0.6 is 0 Å². The minimum Gasteiger partial charge on any atom is -0.496 e. The number of para-hydroxylation sites is 2. The zero-order chi connectivity index (χ0) is 24.3. The van der Waals surface area contributed by atoms with Gasteiger partial charge in [-0.05, 0) is 75.7 Å². The molecule has 0 bridgehead atoms. The van der Waals surface area contributed by atoms with E-state index in [-0.39, 0.29) is 5.54 Å². The van der Waals surface area contributed by atoms with Crippen LogP contribution in [0.2, 0.25) is 0 Å². The van der Waals surface area contributed by atoms with E-state index >= 15 is 0 Å². The number of hydrogen-bond acceptors (Lipinski definition) is 5. The maximum Gasteiger partial charge on any atom is 0.169 e. The summed E-state index contributed by atoms with van der Waals surface area (Å²) in [6.07, 6.45) is 4.19. The molecule has 1 aliphatic rings. The maximum atomic E-state index is 5.96. The number of allylic oxidation sites excluding steroid dienone is 1. The van der Waals surface area contributed by atoms with Crippen molar-refractivity contribution in [2.45, 2.75) is 33.2 Å². The molecule has 0 unspecified atom stereocenters. The van der Waals surface area contributed by atoms with Gasteiger partial charge in [-0.2, -0.15) is 0 Å². The molecule has 0 aromatic heterocycles. The Morgan fingerprint density at radius 2 is 1.59 bits per heavy atom. The number of hydrogen-bond donors (Lipinski definition) is 0. The van der Waals surface area contributed by atoms with Crippen LogP contribution in [0.4, 0.5) is 11.4 Å². The number of ether oxygens (including phenoxy) is 3. The highest BCUT2D eigenvalue weighted by Crippen LogP contribution is 2.41. The first kappa shape index (κ1) is 23.4. The van der Waals surface area contributed by atoms with Gasteiger partial charge in [0.2, 0.25) is 0 Å². The van der Waals surface area contributed by atoms with E-state index in [4.69, 9.17) is 19.2 Å². The lowest BCUT2D eigenvalue weighted by atomic mass is 9.88. The number of fused-ring (bicyclic) bond motifs is 1. The Morgan fingerprint density at radius 1 is 0.912 bits per heavy atom. The van der Waals surface area contributed by atoms with E-state index in [9.17, 15) is 0 Å².